The molecule has 162 valence electrons. The lowest BCUT2D eigenvalue weighted by Gasteiger charge is -2.12. The minimum atomic E-state index is -0.341. The van der Waals surface area contributed by atoms with Gasteiger partial charge >= 0.3 is 5.97 Å². The van der Waals surface area contributed by atoms with Crippen molar-refractivity contribution in [2.45, 2.75) is 25.1 Å². The molecule has 0 aliphatic heterocycles. The normalized spacial score (nSPS) is 11.0. The van der Waals surface area contributed by atoms with Gasteiger partial charge in [0, 0.05) is 6.08 Å². The van der Waals surface area contributed by atoms with Crippen LogP contribution < -0.4 is 14.8 Å². The van der Waals surface area contributed by atoms with Crippen molar-refractivity contribution in [3.63, 3.8) is 0 Å². The van der Waals surface area contributed by atoms with E-state index >= 15 is 0 Å². The number of carbonyl (C=O) groups excluding carboxylic acids is 2. The van der Waals surface area contributed by atoms with E-state index in [4.69, 9.17) is 14.2 Å². The fourth-order valence-electron chi connectivity index (χ4n) is 2.12. The maximum absolute atomic E-state index is 12.1. The molecule has 0 aliphatic rings. The largest absolute Gasteiger partial charge is 0.493 e. The molecule has 2 rings (SSSR count). The molecule has 1 N–H and O–H groups in total. The van der Waals surface area contributed by atoms with Crippen LogP contribution in [-0.4, -0.2) is 48.2 Å². The third-order valence-corrected chi connectivity index (χ3v) is 5.39. The summed E-state index contributed by atoms with van der Waals surface area (Å²) >= 11 is 2.40. The average molecular weight is 452 g/mol. The Bertz CT molecular complexity index is 883. The Labute approximate surface area is 184 Å². The van der Waals surface area contributed by atoms with Crippen LogP contribution in [-0.2, 0) is 14.3 Å². The van der Waals surface area contributed by atoms with Crippen molar-refractivity contribution >= 4 is 46.2 Å². The van der Waals surface area contributed by atoms with Crippen LogP contribution in [0.3, 0.4) is 0 Å². The first kappa shape index (κ1) is 23.7. The molecular formula is C20H25N3O5S2. The van der Waals surface area contributed by atoms with Gasteiger partial charge in [0.2, 0.25) is 11.0 Å². The predicted molar refractivity (Wildman–Crippen MR) is 118 cm³/mol. The van der Waals surface area contributed by atoms with Gasteiger partial charge in [-0.3, -0.25) is 14.9 Å². The smallest absolute Gasteiger partial charge is 0.316 e. The maximum Gasteiger partial charge on any atom is 0.316 e. The van der Waals surface area contributed by atoms with Gasteiger partial charge in [0.25, 0.3) is 0 Å². The van der Waals surface area contributed by atoms with Crippen LogP contribution in [0.15, 0.2) is 28.6 Å². The van der Waals surface area contributed by atoms with Gasteiger partial charge in [0.1, 0.15) is 0 Å². The van der Waals surface area contributed by atoms with E-state index in [9.17, 15) is 9.59 Å². The highest BCUT2D eigenvalue weighted by molar-refractivity contribution is 8.01. The molecule has 30 heavy (non-hydrogen) atoms. The molecule has 1 amide bonds. The van der Waals surface area contributed by atoms with Crippen LogP contribution in [0, 0.1) is 5.92 Å². The van der Waals surface area contributed by atoms with Crippen molar-refractivity contribution in [2.75, 3.05) is 31.4 Å². The second-order valence-corrected chi connectivity index (χ2v) is 8.60. The summed E-state index contributed by atoms with van der Waals surface area (Å²) in [6.45, 7) is 6.82. The molecule has 0 bridgehead atoms. The number of amides is 1. The van der Waals surface area contributed by atoms with E-state index in [2.05, 4.69) is 29.4 Å². The van der Waals surface area contributed by atoms with E-state index in [1.807, 2.05) is 12.1 Å². The second-order valence-electron chi connectivity index (χ2n) is 6.40. The maximum atomic E-state index is 12.1. The Morgan fingerprint density at radius 3 is 2.77 bits per heavy atom. The highest BCUT2D eigenvalue weighted by atomic mass is 32.2. The molecule has 2 aromatic rings. The van der Waals surface area contributed by atoms with Crippen molar-refractivity contribution in [1.29, 1.82) is 0 Å². The van der Waals surface area contributed by atoms with Gasteiger partial charge in [0.15, 0.2) is 15.8 Å². The third kappa shape index (κ3) is 8.03. The van der Waals surface area contributed by atoms with Crippen LogP contribution >= 0.6 is 23.1 Å². The Morgan fingerprint density at radius 2 is 2.07 bits per heavy atom. The number of methoxy groups -OCH3 is 1. The highest BCUT2D eigenvalue weighted by Crippen LogP contribution is 2.29. The molecule has 0 aliphatic carbocycles. The number of ether oxygens (including phenoxy) is 3. The monoisotopic (exact) mass is 451 g/mol. The summed E-state index contributed by atoms with van der Waals surface area (Å²) in [4.78, 5) is 23.5. The zero-order valence-corrected chi connectivity index (χ0v) is 19.0. The molecule has 0 saturated carbocycles. The third-order valence-electron chi connectivity index (χ3n) is 3.44. The molecule has 1 heterocycles. The molecule has 8 nitrogen and oxygen atoms in total. The van der Waals surface area contributed by atoms with E-state index in [0.717, 1.165) is 5.56 Å². The number of nitrogens with one attached hydrogen (secondary N) is 1. The SMILES string of the molecule is CCOC(=O)CSc1nnc(NC(=O)/C=C/c2ccc(OCC(C)C)c(OC)c2)s1. The molecule has 1 aromatic carbocycles. The van der Waals surface area contributed by atoms with Gasteiger partial charge in [-0.25, -0.2) is 0 Å². The quantitative estimate of drug-likeness (QED) is 0.238. The minimum Gasteiger partial charge on any atom is -0.493 e. The van der Waals surface area contributed by atoms with E-state index in [1.165, 1.54) is 29.2 Å². The van der Waals surface area contributed by atoms with Crippen LogP contribution in [0.1, 0.15) is 26.3 Å². The van der Waals surface area contributed by atoms with Crippen LogP contribution in [0.25, 0.3) is 6.08 Å². The Hall–Kier alpha value is -2.59. The number of rotatable bonds is 11. The molecule has 0 radical (unpaired) electrons. The van der Waals surface area contributed by atoms with E-state index in [-0.39, 0.29) is 17.6 Å². The molecular weight excluding hydrogens is 426 g/mol. The number of hydrogen-bond acceptors (Lipinski definition) is 9. The van der Waals surface area contributed by atoms with Crippen LogP contribution in [0.4, 0.5) is 5.13 Å². The molecule has 10 heteroatoms. The van der Waals surface area contributed by atoms with Gasteiger partial charge in [-0.05, 0) is 36.6 Å². The number of nitrogens with zero attached hydrogens (tertiary/aromatic N) is 2. The lowest BCUT2D eigenvalue weighted by Crippen LogP contribution is -2.07. The Kier molecular flexibility index (Phi) is 9.62. The van der Waals surface area contributed by atoms with E-state index in [1.54, 1.807) is 26.2 Å². The van der Waals surface area contributed by atoms with E-state index in [0.29, 0.717) is 40.1 Å². The molecule has 0 unspecified atom stereocenters. The Morgan fingerprint density at radius 1 is 1.27 bits per heavy atom. The Balaban J connectivity index is 1.91. The van der Waals surface area contributed by atoms with Crippen molar-refractivity contribution in [1.82, 2.24) is 10.2 Å². The predicted octanol–water partition coefficient (Wildman–Crippen LogP) is 3.89. The lowest BCUT2D eigenvalue weighted by molar-refractivity contribution is -0.139. The summed E-state index contributed by atoms with van der Waals surface area (Å²) < 4.78 is 16.5. The first-order valence-corrected chi connectivity index (χ1v) is 11.1. The summed E-state index contributed by atoms with van der Waals surface area (Å²) in [5, 5.41) is 10.8. The summed E-state index contributed by atoms with van der Waals surface area (Å²) in [7, 11) is 1.57. The lowest BCUT2D eigenvalue weighted by atomic mass is 10.2. The topological polar surface area (TPSA) is 99.6 Å². The van der Waals surface area contributed by atoms with Crippen molar-refractivity contribution in [3.05, 3.63) is 29.8 Å². The number of benzene rings is 1. The van der Waals surface area contributed by atoms with Crippen molar-refractivity contribution in [3.8, 4) is 11.5 Å². The second kappa shape index (κ2) is 12.2. The zero-order valence-electron chi connectivity index (χ0n) is 17.3. The van der Waals surface area contributed by atoms with Gasteiger partial charge in [-0.1, -0.05) is 43.0 Å². The number of anilines is 1. The minimum absolute atomic E-state index is 0.148. The summed E-state index contributed by atoms with van der Waals surface area (Å²) in [5.41, 5.74) is 0.793. The molecule has 0 spiro atoms. The zero-order chi connectivity index (χ0) is 21.9. The highest BCUT2D eigenvalue weighted by Gasteiger charge is 2.10. The molecule has 1 aromatic heterocycles. The van der Waals surface area contributed by atoms with Crippen molar-refractivity contribution < 1.29 is 23.8 Å². The summed E-state index contributed by atoms with van der Waals surface area (Å²) in [6, 6.07) is 5.46. The average Bonchev–Trinajstić information content (AvgIpc) is 3.16. The van der Waals surface area contributed by atoms with Gasteiger partial charge in [-0.2, -0.15) is 0 Å². The van der Waals surface area contributed by atoms with Crippen LogP contribution in [0.2, 0.25) is 0 Å². The van der Waals surface area contributed by atoms with Gasteiger partial charge in [-0.15, -0.1) is 10.2 Å². The number of carbonyl (C=O) groups is 2. The van der Waals surface area contributed by atoms with Crippen LogP contribution in [0.5, 0.6) is 11.5 Å². The number of esters is 1. The first-order chi connectivity index (χ1) is 14.4. The first-order valence-electron chi connectivity index (χ1n) is 9.33. The van der Waals surface area contributed by atoms with Crippen molar-refractivity contribution in [2.24, 2.45) is 5.92 Å². The number of thioether (sulfide) groups is 1. The fraction of sp³-hybridized carbons (Fsp3) is 0.400. The van der Waals surface area contributed by atoms with Gasteiger partial charge in [0.05, 0.1) is 26.1 Å². The van der Waals surface area contributed by atoms with Gasteiger partial charge < -0.3 is 14.2 Å². The standard InChI is InChI=1S/C20H25N3O5S2/c1-5-27-18(25)12-29-20-23-22-19(30-20)21-17(24)9-7-14-6-8-15(16(10-14)26-4)28-11-13(2)3/h6-10,13H,5,11-12H2,1-4H3,(H,21,22,24)/b9-7+. The van der Waals surface area contributed by atoms with E-state index < -0.39 is 0 Å². The molecule has 0 fully saturated rings. The fourth-order valence-corrected chi connectivity index (χ4v) is 3.68. The number of hydrogen-bond donors (Lipinski definition) is 1. The summed E-state index contributed by atoms with van der Waals surface area (Å²) in [6.07, 6.45) is 3.07. The molecule has 0 atom stereocenters. The number of aromatic nitrogens is 2. The summed E-state index contributed by atoms with van der Waals surface area (Å²) in [5.74, 6) is 1.16. The molecule has 0 saturated heterocycles.